The lowest BCUT2D eigenvalue weighted by Gasteiger charge is -2.35. The van der Waals surface area contributed by atoms with Crippen molar-refractivity contribution >= 4 is 5.91 Å². The molecular weight excluding hydrogens is 350 g/mol. The number of nitrogens with zero attached hydrogens (tertiary/aromatic N) is 2. The Kier molecular flexibility index (Phi) is 8.63. The van der Waals surface area contributed by atoms with E-state index in [1.54, 1.807) is 28.4 Å². The molecule has 27 heavy (non-hydrogen) atoms. The summed E-state index contributed by atoms with van der Waals surface area (Å²) in [5.74, 6) is 2.05. The van der Waals surface area contributed by atoms with Crippen LogP contribution in [0.3, 0.4) is 0 Å². The highest BCUT2D eigenvalue weighted by Gasteiger charge is 2.22. The van der Waals surface area contributed by atoms with Gasteiger partial charge in [0.25, 0.3) is 0 Å². The Morgan fingerprint density at radius 3 is 2.15 bits per heavy atom. The number of hydrogen-bond donors (Lipinski definition) is 1. The summed E-state index contributed by atoms with van der Waals surface area (Å²) in [5, 5.41) is 3.10. The molecule has 0 aromatic heterocycles. The van der Waals surface area contributed by atoms with Crippen LogP contribution in [0.1, 0.15) is 5.56 Å². The van der Waals surface area contributed by atoms with Gasteiger partial charge in [-0.25, -0.2) is 0 Å². The predicted octanol–water partition coefficient (Wildman–Crippen LogP) is 0.593. The van der Waals surface area contributed by atoms with E-state index < -0.39 is 0 Å². The van der Waals surface area contributed by atoms with Crippen molar-refractivity contribution in [3.63, 3.8) is 0 Å². The van der Waals surface area contributed by atoms with E-state index in [1.165, 1.54) is 0 Å². The minimum atomic E-state index is 0.138. The molecular formula is C19H31N3O5. The molecule has 0 radical (unpaired) electrons. The molecule has 1 amide bonds. The minimum Gasteiger partial charge on any atom is -0.493 e. The molecule has 1 saturated heterocycles. The standard InChI is InChI=1S/C19H31N3O5/c1-24-10-5-20-13-18(23)22-8-6-21(7-9-22)14-15-11-16(25-2)19(27-4)17(12-15)26-3/h11-12,20H,5-10,13-14H2,1-4H3. The van der Waals surface area contributed by atoms with Crippen molar-refractivity contribution in [2.24, 2.45) is 0 Å². The summed E-state index contributed by atoms with van der Waals surface area (Å²) in [6.07, 6.45) is 0. The zero-order valence-corrected chi connectivity index (χ0v) is 16.7. The van der Waals surface area contributed by atoms with Crippen LogP contribution < -0.4 is 19.5 Å². The fourth-order valence-electron chi connectivity index (χ4n) is 3.12. The van der Waals surface area contributed by atoms with Crippen LogP contribution in [-0.2, 0) is 16.1 Å². The minimum absolute atomic E-state index is 0.138. The van der Waals surface area contributed by atoms with Crippen LogP contribution in [0.25, 0.3) is 0 Å². The normalized spacial score (nSPS) is 14.9. The van der Waals surface area contributed by atoms with Crippen molar-refractivity contribution in [2.45, 2.75) is 6.54 Å². The summed E-state index contributed by atoms with van der Waals surface area (Å²) in [6, 6.07) is 3.94. The fraction of sp³-hybridized carbons (Fsp3) is 0.632. The first-order valence-electron chi connectivity index (χ1n) is 9.11. The lowest BCUT2D eigenvalue weighted by atomic mass is 10.1. The highest BCUT2D eigenvalue weighted by molar-refractivity contribution is 5.78. The van der Waals surface area contributed by atoms with Gasteiger partial charge in [0.05, 0.1) is 34.5 Å². The van der Waals surface area contributed by atoms with Crippen LogP contribution >= 0.6 is 0 Å². The molecule has 0 bridgehead atoms. The summed E-state index contributed by atoms with van der Waals surface area (Å²) in [6.45, 7) is 5.55. The zero-order valence-electron chi connectivity index (χ0n) is 16.7. The molecule has 1 aliphatic heterocycles. The summed E-state index contributed by atoms with van der Waals surface area (Å²) in [4.78, 5) is 16.5. The second kappa shape index (κ2) is 11.0. The molecule has 1 aromatic carbocycles. The number of ether oxygens (including phenoxy) is 4. The molecule has 0 aliphatic carbocycles. The van der Waals surface area contributed by atoms with E-state index in [0.717, 1.165) is 38.3 Å². The van der Waals surface area contributed by atoms with E-state index in [0.29, 0.717) is 36.9 Å². The Hall–Kier alpha value is -2.03. The Balaban J connectivity index is 1.87. The van der Waals surface area contributed by atoms with E-state index in [1.807, 2.05) is 17.0 Å². The molecule has 1 heterocycles. The monoisotopic (exact) mass is 381 g/mol. The van der Waals surface area contributed by atoms with Crippen molar-refractivity contribution in [3.8, 4) is 17.2 Å². The smallest absolute Gasteiger partial charge is 0.236 e. The van der Waals surface area contributed by atoms with E-state index in [9.17, 15) is 4.79 Å². The van der Waals surface area contributed by atoms with Crippen molar-refractivity contribution in [1.29, 1.82) is 0 Å². The van der Waals surface area contributed by atoms with Crippen molar-refractivity contribution in [1.82, 2.24) is 15.1 Å². The van der Waals surface area contributed by atoms with Crippen LogP contribution in [0.15, 0.2) is 12.1 Å². The molecule has 1 aromatic rings. The first-order chi connectivity index (χ1) is 13.1. The van der Waals surface area contributed by atoms with E-state index in [2.05, 4.69) is 10.2 Å². The number of carbonyl (C=O) groups is 1. The quantitative estimate of drug-likeness (QED) is 0.595. The second-order valence-corrected chi connectivity index (χ2v) is 6.36. The average Bonchev–Trinajstić information content (AvgIpc) is 2.70. The van der Waals surface area contributed by atoms with E-state index in [4.69, 9.17) is 18.9 Å². The van der Waals surface area contributed by atoms with Crippen LogP contribution in [0.4, 0.5) is 0 Å². The summed E-state index contributed by atoms with van der Waals surface area (Å²) >= 11 is 0. The Bertz CT molecular complexity index is 578. The van der Waals surface area contributed by atoms with Crippen molar-refractivity contribution in [3.05, 3.63) is 17.7 Å². The first kappa shape index (κ1) is 21.3. The summed E-state index contributed by atoms with van der Waals surface area (Å²) < 4.78 is 21.2. The number of amides is 1. The number of rotatable bonds is 10. The maximum atomic E-state index is 12.2. The van der Waals surface area contributed by atoms with Crippen LogP contribution in [0, 0.1) is 0 Å². The van der Waals surface area contributed by atoms with Gasteiger partial charge in [-0.3, -0.25) is 9.69 Å². The van der Waals surface area contributed by atoms with Gasteiger partial charge in [0.2, 0.25) is 11.7 Å². The Morgan fingerprint density at radius 1 is 1.00 bits per heavy atom. The zero-order chi connectivity index (χ0) is 19.6. The van der Waals surface area contributed by atoms with Crippen molar-refractivity contribution < 1.29 is 23.7 Å². The van der Waals surface area contributed by atoms with Gasteiger partial charge in [-0.2, -0.15) is 0 Å². The third-order valence-corrected chi connectivity index (χ3v) is 4.61. The van der Waals surface area contributed by atoms with Gasteiger partial charge >= 0.3 is 0 Å². The van der Waals surface area contributed by atoms with Crippen molar-refractivity contribution in [2.75, 3.05) is 74.3 Å². The number of nitrogens with one attached hydrogen (secondary N) is 1. The van der Waals surface area contributed by atoms with Gasteiger partial charge in [0.1, 0.15) is 0 Å². The van der Waals surface area contributed by atoms with Gasteiger partial charge in [0, 0.05) is 46.4 Å². The molecule has 0 saturated carbocycles. The fourth-order valence-corrected chi connectivity index (χ4v) is 3.12. The molecule has 1 N–H and O–H groups in total. The maximum Gasteiger partial charge on any atom is 0.236 e. The van der Waals surface area contributed by atoms with E-state index >= 15 is 0 Å². The highest BCUT2D eigenvalue weighted by atomic mass is 16.5. The molecule has 1 fully saturated rings. The molecule has 8 nitrogen and oxygen atoms in total. The molecule has 8 heteroatoms. The second-order valence-electron chi connectivity index (χ2n) is 6.36. The SMILES string of the molecule is COCCNCC(=O)N1CCN(Cc2cc(OC)c(OC)c(OC)c2)CC1. The maximum absolute atomic E-state index is 12.2. The van der Waals surface area contributed by atoms with Gasteiger partial charge in [-0.1, -0.05) is 0 Å². The van der Waals surface area contributed by atoms with Gasteiger partial charge < -0.3 is 29.2 Å². The molecule has 1 aliphatic rings. The van der Waals surface area contributed by atoms with Crippen LogP contribution in [0.2, 0.25) is 0 Å². The molecule has 0 atom stereocenters. The Labute approximate surface area is 161 Å². The first-order valence-corrected chi connectivity index (χ1v) is 9.11. The highest BCUT2D eigenvalue weighted by Crippen LogP contribution is 2.38. The third kappa shape index (κ3) is 5.98. The third-order valence-electron chi connectivity index (χ3n) is 4.61. The molecule has 0 spiro atoms. The molecule has 152 valence electrons. The number of benzene rings is 1. The molecule has 2 rings (SSSR count). The van der Waals surface area contributed by atoms with E-state index in [-0.39, 0.29) is 5.91 Å². The van der Waals surface area contributed by atoms with Crippen LogP contribution in [0.5, 0.6) is 17.2 Å². The molecule has 0 unspecified atom stereocenters. The number of methoxy groups -OCH3 is 4. The average molecular weight is 381 g/mol. The topological polar surface area (TPSA) is 72.5 Å². The summed E-state index contributed by atoms with van der Waals surface area (Å²) in [5.41, 5.74) is 1.09. The van der Waals surface area contributed by atoms with Gasteiger partial charge in [0.15, 0.2) is 11.5 Å². The number of hydrogen-bond acceptors (Lipinski definition) is 7. The lowest BCUT2D eigenvalue weighted by molar-refractivity contribution is -0.132. The summed E-state index contributed by atoms with van der Waals surface area (Å²) in [7, 11) is 6.48. The van der Waals surface area contributed by atoms with Gasteiger partial charge in [-0.05, 0) is 17.7 Å². The lowest BCUT2D eigenvalue weighted by Crippen LogP contribution is -2.50. The van der Waals surface area contributed by atoms with Gasteiger partial charge in [-0.15, -0.1) is 0 Å². The number of carbonyl (C=O) groups excluding carboxylic acids is 1. The Morgan fingerprint density at radius 2 is 1.63 bits per heavy atom. The number of piperazine rings is 1. The van der Waals surface area contributed by atoms with Crippen LogP contribution in [-0.4, -0.2) is 90.0 Å². The predicted molar refractivity (Wildman–Crippen MR) is 103 cm³/mol. The largest absolute Gasteiger partial charge is 0.493 e.